The molecule has 1 fully saturated rings. The molecule has 1 aromatic carbocycles. The number of sulfonamides is 1. The van der Waals surface area contributed by atoms with Crippen LogP contribution in [-0.2, 0) is 10.0 Å². The van der Waals surface area contributed by atoms with Gasteiger partial charge in [0.1, 0.15) is 0 Å². The van der Waals surface area contributed by atoms with Gasteiger partial charge in [-0.3, -0.25) is 0 Å². The fraction of sp³-hybridized carbons (Fsp3) is 0.417. The summed E-state index contributed by atoms with van der Waals surface area (Å²) in [4.78, 5) is 10.8. The highest BCUT2D eigenvalue weighted by Gasteiger charge is 2.33. The summed E-state index contributed by atoms with van der Waals surface area (Å²) in [5.41, 5.74) is -0.114. The van der Waals surface area contributed by atoms with E-state index in [4.69, 9.17) is 16.7 Å². The van der Waals surface area contributed by atoms with E-state index in [0.29, 0.717) is 18.4 Å². The maximum absolute atomic E-state index is 12.0. The van der Waals surface area contributed by atoms with E-state index in [0.717, 1.165) is 12.5 Å². The van der Waals surface area contributed by atoms with Crippen molar-refractivity contribution >= 4 is 27.6 Å². The molecule has 0 aliphatic heterocycles. The van der Waals surface area contributed by atoms with Crippen molar-refractivity contribution in [2.45, 2.75) is 18.2 Å². The molecule has 7 heteroatoms. The number of halogens is 1. The van der Waals surface area contributed by atoms with Crippen molar-refractivity contribution in [3.63, 3.8) is 0 Å². The van der Waals surface area contributed by atoms with Crippen LogP contribution in [0.1, 0.15) is 23.7 Å². The third-order valence-electron chi connectivity index (χ3n) is 3.29. The molecule has 0 aromatic heterocycles. The van der Waals surface area contributed by atoms with Crippen molar-refractivity contribution < 1.29 is 18.3 Å². The largest absolute Gasteiger partial charge is 0.478 e. The van der Waals surface area contributed by atoms with E-state index >= 15 is 0 Å². The zero-order valence-corrected chi connectivity index (χ0v) is 11.8. The first-order chi connectivity index (χ1) is 8.81. The smallest absolute Gasteiger partial charge is 0.337 e. The normalized spacial score (nSPS) is 22.2. The SMILES string of the molecule is CC1CC1CNS(=O)(=O)c1ccc(C(=O)O)c(Cl)c1. The van der Waals surface area contributed by atoms with Crippen LogP contribution in [0, 0.1) is 11.8 Å². The van der Waals surface area contributed by atoms with Gasteiger partial charge in [-0.1, -0.05) is 18.5 Å². The molecule has 2 N–H and O–H groups in total. The lowest BCUT2D eigenvalue weighted by Gasteiger charge is -2.07. The van der Waals surface area contributed by atoms with Crippen molar-refractivity contribution in [1.82, 2.24) is 4.72 Å². The Bertz CT molecular complexity index is 614. The second kappa shape index (κ2) is 5.11. The van der Waals surface area contributed by atoms with Gasteiger partial charge in [-0.05, 0) is 36.5 Å². The minimum atomic E-state index is -3.63. The van der Waals surface area contributed by atoms with E-state index in [-0.39, 0.29) is 15.5 Å². The number of hydrogen-bond acceptors (Lipinski definition) is 3. The van der Waals surface area contributed by atoms with E-state index in [2.05, 4.69) is 11.6 Å². The van der Waals surface area contributed by atoms with Crippen molar-refractivity contribution in [3.8, 4) is 0 Å². The number of carboxylic acids is 1. The number of rotatable bonds is 5. The molecule has 2 unspecified atom stereocenters. The Morgan fingerprint density at radius 1 is 1.53 bits per heavy atom. The summed E-state index contributed by atoms with van der Waals surface area (Å²) >= 11 is 5.76. The molecule has 0 bridgehead atoms. The number of carbonyl (C=O) groups is 1. The fourth-order valence-electron chi connectivity index (χ4n) is 1.82. The van der Waals surface area contributed by atoms with E-state index in [1.807, 2.05) is 0 Å². The van der Waals surface area contributed by atoms with Gasteiger partial charge in [0.25, 0.3) is 0 Å². The maximum atomic E-state index is 12.0. The monoisotopic (exact) mass is 303 g/mol. The Morgan fingerprint density at radius 3 is 2.63 bits per heavy atom. The van der Waals surface area contributed by atoms with Crippen LogP contribution in [0.25, 0.3) is 0 Å². The van der Waals surface area contributed by atoms with Gasteiger partial charge in [-0.25, -0.2) is 17.9 Å². The number of aromatic carboxylic acids is 1. The van der Waals surface area contributed by atoms with Gasteiger partial charge in [0.15, 0.2) is 0 Å². The van der Waals surface area contributed by atoms with Crippen molar-refractivity contribution in [2.75, 3.05) is 6.54 Å². The topological polar surface area (TPSA) is 83.5 Å². The number of nitrogens with one attached hydrogen (secondary N) is 1. The molecule has 0 radical (unpaired) electrons. The molecule has 1 saturated carbocycles. The van der Waals surface area contributed by atoms with Crippen LogP contribution < -0.4 is 4.72 Å². The Labute approximate surface area is 116 Å². The van der Waals surface area contributed by atoms with Crippen molar-refractivity contribution in [2.24, 2.45) is 11.8 Å². The Hall–Kier alpha value is -1.11. The lowest BCUT2D eigenvalue weighted by Crippen LogP contribution is -2.26. The molecular weight excluding hydrogens is 290 g/mol. The van der Waals surface area contributed by atoms with E-state index in [9.17, 15) is 13.2 Å². The van der Waals surface area contributed by atoms with E-state index < -0.39 is 16.0 Å². The van der Waals surface area contributed by atoms with Crippen LogP contribution >= 0.6 is 11.6 Å². The van der Waals surface area contributed by atoms with Crippen molar-refractivity contribution in [3.05, 3.63) is 28.8 Å². The van der Waals surface area contributed by atoms with Gasteiger partial charge in [0.05, 0.1) is 15.5 Å². The van der Waals surface area contributed by atoms with Gasteiger partial charge in [0.2, 0.25) is 10.0 Å². The second-order valence-electron chi connectivity index (χ2n) is 4.77. The average molecular weight is 304 g/mol. The molecular formula is C12H14ClNO4S. The number of carboxylic acid groups (broad SMARTS) is 1. The van der Waals surface area contributed by atoms with Crippen molar-refractivity contribution in [1.29, 1.82) is 0 Å². The third kappa shape index (κ3) is 3.26. The molecule has 0 saturated heterocycles. The van der Waals surface area contributed by atoms with Crippen LogP contribution in [-0.4, -0.2) is 26.0 Å². The van der Waals surface area contributed by atoms with Gasteiger partial charge in [-0.2, -0.15) is 0 Å². The van der Waals surface area contributed by atoms with Gasteiger partial charge in [-0.15, -0.1) is 0 Å². The summed E-state index contributed by atoms with van der Waals surface area (Å²) in [6.07, 6.45) is 1.03. The Balaban J connectivity index is 2.16. The van der Waals surface area contributed by atoms with Crippen LogP contribution in [0.3, 0.4) is 0 Å². The highest BCUT2D eigenvalue weighted by molar-refractivity contribution is 7.89. The molecule has 2 rings (SSSR count). The fourth-order valence-corrected chi connectivity index (χ4v) is 3.27. The molecule has 1 aliphatic carbocycles. The van der Waals surface area contributed by atoms with Gasteiger partial charge >= 0.3 is 5.97 Å². The van der Waals surface area contributed by atoms with E-state index in [1.165, 1.54) is 12.1 Å². The maximum Gasteiger partial charge on any atom is 0.337 e. The lowest BCUT2D eigenvalue weighted by atomic mass is 10.2. The summed E-state index contributed by atoms with van der Waals surface area (Å²) in [5, 5.41) is 8.74. The molecule has 19 heavy (non-hydrogen) atoms. The molecule has 0 spiro atoms. The molecule has 104 valence electrons. The predicted octanol–water partition coefficient (Wildman–Crippen LogP) is 1.97. The first-order valence-electron chi connectivity index (χ1n) is 5.84. The predicted molar refractivity (Wildman–Crippen MR) is 70.9 cm³/mol. The van der Waals surface area contributed by atoms with Crippen LogP contribution in [0.4, 0.5) is 0 Å². The second-order valence-corrected chi connectivity index (χ2v) is 6.95. The minimum absolute atomic E-state index is 0.0178. The molecule has 1 aromatic rings. The highest BCUT2D eigenvalue weighted by Crippen LogP contribution is 2.37. The standard InChI is InChI=1S/C12H14ClNO4S/c1-7-4-8(7)6-14-19(17,18)9-2-3-10(12(15)16)11(13)5-9/h2-3,5,7-8,14H,4,6H2,1H3,(H,15,16). The quantitative estimate of drug-likeness (QED) is 0.871. The summed E-state index contributed by atoms with van der Waals surface area (Å²) in [6.45, 7) is 2.47. The summed E-state index contributed by atoms with van der Waals surface area (Å²) in [6, 6.07) is 3.59. The summed E-state index contributed by atoms with van der Waals surface area (Å²) in [7, 11) is -3.63. The number of benzene rings is 1. The van der Waals surface area contributed by atoms with Crippen LogP contribution in [0.15, 0.2) is 23.1 Å². The van der Waals surface area contributed by atoms with E-state index in [1.54, 1.807) is 0 Å². The molecule has 5 nitrogen and oxygen atoms in total. The first kappa shape index (κ1) is 14.3. The van der Waals surface area contributed by atoms with Crippen LogP contribution in [0.5, 0.6) is 0 Å². The highest BCUT2D eigenvalue weighted by atomic mass is 35.5. The average Bonchev–Trinajstić information content (AvgIpc) is 3.02. The zero-order valence-electron chi connectivity index (χ0n) is 10.3. The molecule has 0 heterocycles. The summed E-state index contributed by atoms with van der Waals surface area (Å²) in [5.74, 6) is -0.238. The molecule has 1 aliphatic rings. The number of hydrogen-bond donors (Lipinski definition) is 2. The zero-order chi connectivity index (χ0) is 14.2. The third-order valence-corrected chi connectivity index (χ3v) is 5.03. The van der Waals surface area contributed by atoms with Gasteiger partial charge < -0.3 is 5.11 Å². The summed E-state index contributed by atoms with van der Waals surface area (Å²) < 4.78 is 26.5. The minimum Gasteiger partial charge on any atom is -0.478 e. The Morgan fingerprint density at radius 2 is 2.16 bits per heavy atom. The first-order valence-corrected chi connectivity index (χ1v) is 7.70. The van der Waals surface area contributed by atoms with Gasteiger partial charge in [0, 0.05) is 6.54 Å². The lowest BCUT2D eigenvalue weighted by molar-refractivity contribution is 0.0697. The Kier molecular flexibility index (Phi) is 3.85. The molecule has 2 atom stereocenters. The van der Waals surface area contributed by atoms with Crippen LogP contribution in [0.2, 0.25) is 5.02 Å². The molecule has 0 amide bonds.